The van der Waals surface area contributed by atoms with Crippen LogP contribution in [-0.2, 0) is 19.5 Å². The first-order valence-corrected chi connectivity index (χ1v) is 10.9. The Morgan fingerprint density at radius 2 is 2.00 bits per heavy atom. The summed E-state index contributed by atoms with van der Waals surface area (Å²) in [6.07, 6.45) is 4.23. The molecule has 1 N–H and O–H groups in total. The maximum atomic E-state index is 14.7. The lowest BCUT2D eigenvalue weighted by molar-refractivity contribution is 0.356. The van der Waals surface area contributed by atoms with E-state index >= 15 is 0 Å². The molecular formula is C25H25F2N5O. The Morgan fingerprint density at radius 3 is 2.79 bits per heavy atom. The summed E-state index contributed by atoms with van der Waals surface area (Å²) in [5.41, 5.74) is 5.00. The molecule has 0 unspecified atom stereocenters. The number of aromatic nitrogens is 3. The average molecular weight is 450 g/mol. The van der Waals surface area contributed by atoms with Gasteiger partial charge in [-0.15, -0.1) is 0 Å². The van der Waals surface area contributed by atoms with Crippen molar-refractivity contribution < 1.29 is 13.5 Å². The van der Waals surface area contributed by atoms with Crippen molar-refractivity contribution in [2.45, 2.75) is 26.4 Å². The summed E-state index contributed by atoms with van der Waals surface area (Å²) >= 11 is 0. The van der Waals surface area contributed by atoms with E-state index in [0.717, 1.165) is 22.6 Å². The van der Waals surface area contributed by atoms with Gasteiger partial charge in [0.2, 0.25) is 5.95 Å². The number of fused-ring (bicyclic) bond motifs is 2. The summed E-state index contributed by atoms with van der Waals surface area (Å²) in [4.78, 5) is 11.1. The lowest BCUT2D eigenvalue weighted by Gasteiger charge is -2.14. The van der Waals surface area contributed by atoms with Crippen molar-refractivity contribution in [1.29, 1.82) is 0 Å². The van der Waals surface area contributed by atoms with Crippen LogP contribution in [0.2, 0.25) is 0 Å². The van der Waals surface area contributed by atoms with Gasteiger partial charge in [-0.1, -0.05) is 12.1 Å². The third-order valence-electron chi connectivity index (χ3n) is 5.83. The molecule has 0 fully saturated rings. The van der Waals surface area contributed by atoms with Gasteiger partial charge in [-0.3, -0.25) is 4.40 Å². The number of anilines is 1. The molecule has 0 amide bonds. The van der Waals surface area contributed by atoms with E-state index in [0.29, 0.717) is 47.9 Å². The summed E-state index contributed by atoms with van der Waals surface area (Å²) in [5, 5.41) is 3.25. The summed E-state index contributed by atoms with van der Waals surface area (Å²) < 4.78 is 36.6. The third-order valence-corrected chi connectivity index (χ3v) is 5.83. The van der Waals surface area contributed by atoms with Crippen molar-refractivity contribution >= 4 is 11.6 Å². The number of aryl methyl sites for hydroxylation is 1. The van der Waals surface area contributed by atoms with Crippen molar-refractivity contribution in [1.82, 2.24) is 19.3 Å². The van der Waals surface area contributed by atoms with Crippen molar-refractivity contribution in [2.75, 3.05) is 26.0 Å². The number of nitrogens with one attached hydrogen (secondary N) is 1. The van der Waals surface area contributed by atoms with Gasteiger partial charge in [0.15, 0.2) is 0 Å². The van der Waals surface area contributed by atoms with Gasteiger partial charge in [0.25, 0.3) is 0 Å². The van der Waals surface area contributed by atoms with E-state index < -0.39 is 0 Å². The van der Waals surface area contributed by atoms with E-state index in [9.17, 15) is 8.78 Å². The Labute approximate surface area is 190 Å². The highest BCUT2D eigenvalue weighted by Gasteiger charge is 2.20. The predicted molar refractivity (Wildman–Crippen MR) is 123 cm³/mol. The van der Waals surface area contributed by atoms with Crippen LogP contribution >= 0.6 is 0 Å². The third kappa shape index (κ3) is 4.02. The lowest BCUT2D eigenvalue weighted by Crippen LogP contribution is -2.12. The van der Waals surface area contributed by atoms with Gasteiger partial charge in [-0.2, -0.15) is 0 Å². The number of nitrogens with zero attached hydrogens (tertiary/aromatic N) is 4. The standard InChI is InChI=1S/C25H25F2N5O/c1-15-13-32-24(30-15)19(16-4-5-17(14-31(2)3)22(27)10-16)11-28-25(32)29-12-20-18-8-9-33-23(18)7-6-21(20)26/h4-7,10-11,13H,8-9,12,14H2,1-3H3,(H,28,29). The summed E-state index contributed by atoms with van der Waals surface area (Å²) in [5.74, 6) is 0.741. The first kappa shape index (κ1) is 21.3. The number of rotatable bonds is 6. The minimum Gasteiger partial charge on any atom is -0.493 e. The van der Waals surface area contributed by atoms with Crippen molar-refractivity contribution in [2.24, 2.45) is 0 Å². The fourth-order valence-corrected chi connectivity index (χ4v) is 4.29. The topological polar surface area (TPSA) is 54.7 Å². The second-order valence-corrected chi connectivity index (χ2v) is 8.57. The van der Waals surface area contributed by atoms with Crippen molar-refractivity contribution in [3.63, 3.8) is 0 Å². The van der Waals surface area contributed by atoms with E-state index in [4.69, 9.17) is 4.74 Å². The quantitative estimate of drug-likeness (QED) is 0.467. The monoisotopic (exact) mass is 449 g/mol. The molecule has 2 aromatic heterocycles. The van der Waals surface area contributed by atoms with Gasteiger partial charge in [-0.05, 0) is 44.8 Å². The number of hydrogen-bond donors (Lipinski definition) is 1. The van der Waals surface area contributed by atoms with Crippen molar-refractivity contribution in [3.05, 3.63) is 76.7 Å². The Kier molecular flexibility index (Phi) is 5.46. The zero-order valence-corrected chi connectivity index (χ0v) is 18.8. The smallest absolute Gasteiger partial charge is 0.208 e. The van der Waals surface area contributed by atoms with Crippen molar-refractivity contribution in [3.8, 4) is 16.9 Å². The van der Waals surface area contributed by atoms with E-state index in [2.05, 4.69) is 15.3 Å². The number of benzene rings is 2. The highest BCUT2D eigenvalue weighted by atomic mass is 19.1. The van der Waals surface area contributed by atoms with Crippen LogP contribution in [0.25, 0.3) is 16.8 Å². The minimum atomic E-state index is -0.269. The van der Waals surface area contributed by atoms with Crippen LogP contribution in [0.5, 0.6) is 5.75 Å². The Hall–Kier alpha value is -3.52. The second-order valence-electron chi connectivity index (χ2n) is 8.57. The van der Waals surface area contributed by atoms with Gasteiger partial charge in [0.05, 0.1) is 12.3 Å². The Balaban J connectivity index is 1.48. The molecule has 0 radical (unpaired) electrons. The first-order valence-electron chi connectivity index (χ1n) is 10.9. The second kappa shape index (κ2) is 8.44. The Morgan fingerprint density at radius 1 is 1.15 bits per heavy atom. The molecule has 0 aliphatic carbocycles. The van der Waals surface area contributed by atoms with Gasteiger partial charge >= 0.3 is 0 Å². The molecular weight excluding hydrogens is 424 g/mol. The number of ether oxygens (including phenoxy) is 1. The van der Waals surface area contributed by atoms with Crippen LogP contribution in [-0.4, -0.2) is 40.0 Å². The molecule has 170 valence electrons. The van der Waals surface area contributed by atoms with E-state index in [1.54, 1.807) is 18.3 Å². The molecule has 33 heavy (non-hydrogen) atoms. The summed E-state index contributed by atoms with van der Waals surface area (Å²) in [7, 11) is 3.81. The molecule has 5 rings (SSSR count). The molecule has 0 bridgehead atoms. The molecule has 8 heteroatoms. The molecule has 1 aliphatic heterocycles. The summed E-state index contributed by atoms with van der Waals surface area (Å²) in [6, 6.07) is 8.32. The fraction of sp³-hybridized carbons (Fsp3) is 0.280. The number of imidazole rings is 1. The average Bonchev–Trinajstić information content (AvgIpc) is 3.40. The highest BCUT2D eigenvalue weighted by Crippen LogP contribution is 2.31. The molecule has 1 aliphatic rings. The Bertz CT molecular complexity index is 1350. The number of hydrogen-bond acceptors (Lipinski definition) is 5. The maximum absolute atomic E-state index is 14.7. The maximum Gasteiger partial charge on any atom is 0.208 e. The summed E-state index contributed by atoms with van der Waals surface area (Å²) in [6.45, 7) is 3.25. The largest absolute Gasteiger partial charge is 0.493 e. The van der Waals surface area contributed by atoms with Gasteiger partial charge in [-0.25, -0.2) is 18.7 Å². The molecule has 0 atom stereocenters. The van der Waals surface area contributed by atoms with Gasteiger partial charge < -0.3 is 15.0 Å². The van der Waals surface area contributed by atoms with Crippen LogP contribution < -0.4 is 10.1 Å². The van der Waals surface area contributed by atoms with Crippen LogP contribution in [0, 0.1) is 18.6 Å². The lowest BCUT2D eigenvalue weighted by atomic mass is 10.0. The molecule has 3 heterocycles. The normalized spacial score (nSPS) is 12.9. The molecule has 4 aromatic rings. The SMILES string of the molecule is Cc1cn2c(NCc3c(F)ccc4c3CCO4)ncc(-c3ccc(CN(C)C)c(F)c3)c2n1. The zero-order chi connectivity index (χ0) is 23.1. The highest BCUT2D eigenvalue weighted by molar-refractivity contribution is 5.78. The van der Waals surface area contributed by atoms with Gasteiger partial charge in [0, 0.05) is 54.2 Å². The van der Waals surface area contributed by atoms with E-state index in [1.807, 2.05) is 42.6 Å². The van der Waals surface area contributed by atoms with E-state index in [1.165, 1.54) is 12.1 Å². The van der Waals surface area contributed by atoms with Crippen LogP contribution in [0.1, 0.15) is 22.4 Å². The predicted octanol–water partition coefficient (Wildman–Crippen LogP) is 4.59. The first-order chi connectivity index (χ1) is 15.9. The van der Waals surface area contributed by atoms with Crippen LogP contribution in [0.3, 0.4) is 0 Å². The van der Waals surface area contributed by atoms with Crippen LogP contribution in [0.4, 0.5) is 14.7 Å². The fourth-order valence-electron chi connectivity index (χ4n) is 4.29. The molecule has 0 spiro atoms. The molecule has 2 aromatic carbocycles. The molecule has 6 nitrogen and oxygen atoms in total. The van der Waals surface area contributed by atoms with Gasteiger partial charge in [0.1, 0.15) is 23.0 Å². The minimum absolute atomic E-state index is 0.263. The van der Waals surface area contributed by atoms with Crippen LogP contribution in [0.15, 0.2) is 42.7 Å². The molecule has 0 saturated carbocycles. The van der Waals surface area contributed by atoms with E-state index in [-0.39, 0.29) is 18.2 Å². The number of halogens is 2. The molecule has 0 saturated heterocycles. The zero-order valence-electron chi connectivity index (χ0n) is 18.8.